The Morgan fingerprint density at radius 1 is 1.14 bits per heavy atom. The number of hydrogen-bond acceptors (Lipinski definition) is 4. The smallest absolute Gasteiger partial charge is 0.254 e. The Kier molecular flexibility index (Phi) is 4.13. The van der Waals surface area contributed by atoms with Crippen molar-refractivity contribution >= 4 is 17.9 Å². The van der Waals surface area contributed by atoms with Crippen LogP contribution in [0.5, 0.6) is 0 Å². The van der Waals surface area contributed by atoms with Crippen molar-refractivity contribution in [3.63, 3.8) is 0 Å². The monoisotopic (exact) mass is 286 g/mol. The van der Waals surface area contributed by atoms with Crippen LogP contribution in [0.25, 0.3) is 6.08 Å². The van der Waals surface area contributed by atoms with Crippen LogP contribution in [0, 0.1) is 0 Å². The molecule has 0 aliphatic carbocycles. The van der Waals surface area contributed by atoms with Gasteiger partial charge in [-0.15, -0.1) is 0 Å². The molecule has 0 saturated carbocycles. The van der Waals surface area contributed by atoms with E-state index in [9.17, 15) is 9.59 Å². The molecule has 2 saturated heterocycles. The van der Waals surface area contributed by atoms with Crippen LogP contribution in [0.1, 0.15) is 17.5 Å². The highest BCUT2D eigenvalue weighted by atomic mass is 16.5. The van der Waals surface area contributed by atoms with Crippen LogP contribution in [-0.2, 0) is 20.9 Å². The van der Waals surface area contributed by atoms with Crippen LogP contribution < -0.4 is 5.32 Å². The molecule has 2 heterocycles. The molecule has 0 atom stereocenters. The lowest BCUT2D eigenvalue weighted by molar-refractivity contribution is -0.124. The molecule has 3 rings (SSSR count). The van der Waals surface area contributed by atoms with Crippen molar-refractivity contribution in [1.82, 2.24) is 10.2 Å². The van der Waals surface area contributed by atoms with Gasteiger partial charge >= 0.3 is 0 Å². The number of rotatable bonds is 3. The van der Waals surface area contributed by atoms with Crippen LogP contribution >= 0.6 is 0 Å². The van der Waals surface area contributed by atoms with Crippen molar-refractivity contribution in [1.29, 1.82) is 0 Å². The third-order valence-corrected chi connectivity index (χ3v) is 3.73. The maximum atomic E-state index is 11.5. The molecule has 2 amide bonds. The predicted molar refractivity (Wildman–Crippen MR) is 78.3 cm³/mol. The number of ether oxygens (including phenoxy) is 1. The molecule has 0 spiro atoms. The second-order valence-corrected chi connectivity index (χ2v) is 5.35. The largest absolute Gasteiger partial charge is 0.379 e. The third kappa shape index (κ3) is 3.56. The zero-order chi connectivity index (χ0) is 14.7. The number of hydrogen-bond donors (Lipinski definition) is 1. The second-order valence-electron chi connectivity index (χ2n) is 5.35. The molecule has 1 aromatic rings. The van der Waals surface area contributed by atoms with Gasteiger partial charge in [0.15, 0.2) is 0 Å². The van der Waals surface area contributed by atoms with E-state index in [2.05, 4.69) is 22.3 Å². The van der Waals surface area contributed by atoms with Gasteiger partial charge in [0.05, 0.1) is 19.6 Å². The highest BCUT2D eigenvalue weighted by Crippen LogP contribution is 2.16. The van der Waals surface area contributed by atoms with Crippen molar-refractivity contribution in [2.75, 3.05) is 26.3 Å². The van der Waals surface area contributed by atoms with Crippen molar-refractivity contribution in [2.24, 2.45) is 0 Å². The fourth-order valence-electron chi connectivity index (χ4n) is 2.56. The Labute approximate surface area is 123 Å². The van der Waals surface area contributed by atoms with Crippen LogP contribution in [0.15, 0.2) is 29.8 Å². The average Bonchev–Trinajstić information content (AvgIpc) is 2.80. The first kappa shape index (κ1) is 14.0. The first-order valence-electron chi connectivity index (χ1n) is 7.14. The Morgan fingerprint density at radius 2 is 1.86 bits per heavy atom. The van der Waals surface area contributed by atoms with Crippen molar-refractivity contribution in [3.05, 3.63) is 41.0 Å². The standard InChI is InChI=1S/C16H18N2O3/c19-15-10-14(16(20)17-15)9-12-1-3-13(4-2-12)11-18-5-7-21-8-6-18/h1-4,9H,5-8,10-11H2,(H,17,19,20)/b14-9+. The van der Waals surface area contributed by atoms with Gasteiger partial charge < -0.3 is 4.74 Å². The summed E-state index contributed by atoms with van der Waals surface area (Å²) < 4.78 is 5.33. The number of amides is 2. The van der Waals surface area contributed by atoms with Gasteiger partial charge in [0.25, 0.3) is 5.91 Å². The summed E-state index contributed by atoms with van der Waals surface area (Å²) >= 11 is 0. The molecule has 2 aliphatic heterocycles. The minimum atomic E-state index is -0.280. The van der Waals surface area contributed by atoms with E-state index in [4.69, 9.17) is 4.74 Å². The van der Waals surface area contributed by atoms with Crippen LogP contribution in [0.3, 0.4) is 0 Å². The maximum absolute atomic E-state index is 11.5. The van der Waals surface area contributed by atoms with E-state index in [1.54, 1.807) is 6.08 Å². The van der Waals surface area contributed by atoms with Crippen LogP contribution in [0.4, 0.5) is 0 Å². The molecule has 1 aromatic carbocycles. The number of nitrogens with one attached hydrogen (secondary N) is 1. The Hall–Kier alpha value is -1.98. The molecule has 0 bridgehead atoms. The topological polar surface area (TPSA) is 58.6 Å². The number of carbonyl (C=O) groups excluding carboxylic acids is 2. The lowest BCUT2D eigenvalue weighted by Gasteiger charge is -2.26. The molecule has 0 aromatic heterocycles. The normalized spacial score (nSPS) is 21.8. The highest BCUT2D eigenvalue weighted by molar-refractivity contribution is 6.15. The molecule has 2 aliphatic rings. The minimum absolute atomic E-state index is 0.175. The SMILES string of the molecule is O=C1C/C(=C\c2ccc(CN3CCOCC3)cc2)C(=O)N1. The molecular formula is C16H18N2O3. The summed E-state index contributed by atoms with van der Waals surface area (Å²) in [6.45, 7) is 4.45. The first-order valence-corrected chi connectivity index (χ1v) is 7.14. The summed E-state index contributed by atoms with van der Waals surface area (Å²) in [6.07, 6.45) is 1.95. The summed E-state index contributed by atoms with van der Waals surface area (Å²) in [7, 11) is 0. The van der Waals surface area contributed by atoms with E-state index in [-0.39, 0.29) is 18.2 Å². The molecule has 110 valence electrons. The van der Waals surface area contributed by atoms with Crippen LogP contribution in [-0.4, -0.2) is 43.0 Å². The van der Waals surface area contributed by atoms with E-state index in [0.29, 0.717) is 5.57 Å². The van der Waals surface area contributed by atoms with E-state index in [1.807, 2.05) is 12.1 Å². The van der Waals surface area contributed by atoms with Crippen molar-refractivity contribution in [2.45, 2.75) is 13.0 Å². The molecule has 5 nitrogen and oxygen atoms in total. The minimum Gasteiger partial charge on any atom is -0.379 e. The predicted octanol–water partition coefficient (Wildman–Crippen LogP) is 0.949. The molecule has 0 unspecified atom stereocenters. The molecule has 2 fully saturated rings. The molecule has 1 N–H and O–H groups in total. The molecule has 21 heavy (non-hydrogen) atoms. The molecule has 5 heteroatoms. The zero-order valence-electron chi connectivity index (χ0n) is 11.8. The van der Waals surface area contributed by atoms with Gasteiger partial charge in [-0.2, -0.15) is 0 Å². The fraction of sp³-hybridized carbons (Fsp3) is 0.375. The number of imide groups is 1. The summed E-state index contributed by atoms with van der Waals surface area (Å²) in [5.41, 5.74) is 2.72. The van der Waals surface area contributed by atoms with Gasteiger partial charge in [0.1, 0.15) is 0 Å². The fourth-order valence-corrected chi connectivity index (χ4v) is 2.56. The number of benzene rings is 1. The van der Waals surface area contributed by atoms with Crippen molar-refractivity contribution in [3.8, 4) is 0 Å². The Morgan fingerprint density at radius 3 is 2.48 bits per heavy atom. The number of nitrogens with zero attached hydrogens (tertiary/aromatic N) is 1. The van der Waals surface area contributed by atoms with Gasteiger partial charge in [-0.1, -0.05) is 24.3 Å². The lowest BCUT2D eigenvalue weighted by Crippen LogP contribution is -2.35. The maximum Gasteiger partial charge on any atom is 0.254 e. The quantitative estimate of drug-likeness (QED) is 0.664. The average molecular weight is 286 g/mol. The summed E-state index contributed by atoms with van der Waals surface area (Å²) in [6, 6.07) is 8.10. The van der Waals surface area contributed by atoms with E-state index >= 15 is 0 Å². The highest BCUT2D eigenvalue weighted by Gasteiger charge is 2.23. The van der Waals surface area contributed by atoms with Crippen molar-refractivity contribution < 1.29 is 14.3 Å². The van der Waals surface area contributed by atoms with E-state index < -0.39 is 0 Å². The van der Waals surface area contributed by atoms with Crippen LogP contribution in [0.2, 0.25) is 0 Å². The molecule has 0 radical (unpaired) electrons. The Bertz CT molecular complexity index is 572. The summed E-state index contributed by atoms with van der Waals surface area (Å²) in [4.78, 5) is 25.0. The number of morpholine rings is 1. The van der Waals surface area contributed by atoms with Gasteiger partial charge in [-0.3, -0.25) is 19.8 Å². The summed E-state index contributed by atoms with van der Waals surface area (Å²) in [5.74, 6) is -0.507. The summed E-state index contributed by atoms with van der Waals surface area (Å²) in [5, 5.41) is 2.29. The van der Waals surface area contributed by atoms with E-state index in [0.717, 1.165) is 38.4 Å². The van der Waals surface area contributed by atoms with Gasteiger partial charge in [-0.05, 0) is 17.2 Å². The van der Waals surface area contributed by atoms with Gasteiger partial charge in [0.2, 0.25) is 5.91 Å². The molecular weight excluding hydrogens is 268 g/mol. The number of carbonyl (C=O) groups is 2. The second kappa shape index (κ2) is 6.20. The van der Waals surface area contributed by atoms with Gasteiger partial charge in [-0.25, -0.2) is 0 Å². The Balaban J connectivity index is 1.65. The first-order chi connectivity index (χ1) is 10.2. The lowest BCUT2D eigenvalue weighted by atomic mass is 10.1. The van der Waals surface area contributed by atoms with Gasteiger partial charge in [0, 0.05) is 25.2 Å². The zero-order valence-corrected chi connectivity index (χ0v) is 11.8. The van der Waals surface area contributed by atoms with E-state index in [1.165, 1.54) is 5.56 Å². The third-order valence-electron chi connectivity index (χ3n) is 3.73.